The van der Waals surface area contributed by atoms with Crippen LogP contribution in [0.1, 0.15) is 34.1 Å². The van der Waals surface area contributed by atoms with Crippen LogP contribution in [-0.2, 0) is 11.0 Å². The fourth-order valence-electron chi connectivity index (χ4n) is 4.25. The van der Waals surface area contributed by atoms with Crippen molar-refractivity contribution in [2.24, 2.45) is 0 Å². The molecule has 2 amide bonds. The summed E-state index contributed by atoms with van der Waals surface area (Å²) in [4.78, 5) is 27.5. The Balaban J connectivity index is 1.66. The number of amides is 2. The lowest BCUT2D eigenvalue weighted by molar-refractivity contribution is -0.137. The van der Waals surface area contributed by atoms with Crippen LogP contribution in [0.15, 0.2) is 78.9 Å². The summed E-state index contributed by atoms with van der Waals surface area (Å²) in [5, 5.41) is 7.62. The Morgan fingerprint density at radius 1 is 0.947 bits per heavy atom. The fraction of sp³-hybridized carbons (Fsp3) is 0.207. The number of nitrogens with one attached hydrogen (secondary N) is 1. The Kier molecular flexibility index (Phi) is 7.66. The number of aryl methyl sites for hydroxylation is 2. The van der Waals surface area contributed by atoms with Gasteiger partial charge in [-0.25, -0.2) is 4.68 Å². The Hall–Kier alpha value is -4.40. The lowest BCUT2D eigenvalue weighted by Gasteiger charge is -2.21. The highest BCUT2D eigenvalue weighted by Crippen LogP contribution is 2.34. The lowest BCUT2D eigenvalue weighted by atomic mass is 10.1. The molecule has 4 rings (SSSR count). The minimum Gasteiger partial charge on any atom is -0.330 e. The van der Waals surface area contributed by atoms with Gasteiger partial charge < -0.3 is 10.2 Å². The second-order valence-corrected chi connectivity index (χ2v) is 8.82. The van der Waals surface area contributed by atoms with Gasteiger partial charge in [-0.15, -0.1) is 0 Å². The van der Waals surface area contributed by atoms with Crippen molar-refractivity contribution >= 4 is 17.6 Å². The van der Waals surface area contributed by atoms with E-state index in [1.165, 1.54) is 17.0 Å². The van der Waals surface area contributed by atoms with Crippen molar-refractivity contribution in [3.8, 4) is 16.8 Å². The van der Waals surface area contributed by atoms with Crippen molar-refractivity contribution in [2.45, 2.75) is 26.9 Å². The van der Waals surface area contributed by atoms with E-state index in [1.807, 2.05) is 68.4 Å². The molecule has 4 aromatic rings. The maximum atomic E-state index is 13.3. The van der Waals surface area contributed by atoms with Gasteiger partial charge >= 0.3 is 6.18 Å². The van der Waals surface area contributed by atoms with Gasteiger partial charge in [0.25, 0.3) is 5.91 Å². The predicted molar refractivity (Wildman–Crippen MR) is 140 cm³/mol. The molecule has 0 fully saturated rings. The van der Waals surface area contributed by atoms with Crippen LogP contribution < -0.4 is 5.32 Å². The SMILES string of the molecule is CCN(CC(=O)Nc1c(-c2ccccc2)c(C)nn1-c1ccccc1C)C(=O)c1cccc(C(F)(F)F)c1. The number of para-hydroxylation sites is 1. The quantitative estimate of drug-likeness (QED) is 0.312. The minimum absolute atomic E-state index is 0.129. The summed E-state index contributed by atoms with van der Waals surface area (Å²) < 4.78 is 41.1. The van der Waals surface area contributed by atoms with Crippen molar-refractivity contribution in [2.75, 3.05) is 18.4 Å². The molecule has 0 atom stereocenters. The number of carbonyl (C=O) groups excluding carboxylic acids is 2. The molecule has 6 nitrogen and oxygen atoms in total. The van der Waals surface area contributed by atoms with Gasteiger partial charge in [-0.3, -0.25) is 9.59 Å². The summed E-state index contributed by atoms with van der Waals surface area (Å²) in [6, 6.07) is 21.3. The van der Waals surface area contributed by atoms with E-state index in [0.717, 1.165) is 34.5 Å². The topological polar surface area (TPSA) is 67.2 Å². The van der Waals surface area contributed by atoms with E-state index in [2.05, 4.69) is 5.32 Å². The zero-order valence-electron chi connectivity index (χ0n) is 21.2. The molecule has 0 aliphatic rings. The number of anilines is 1. The standard InChI is InChI=1S/C29H27F3N4O2/c1-4-35(28(38)22-14-10-15-23(17-22)29(30,31)32)18-25(37)33-27-26(21-12-6-5-7-13-21)20(3)34-36(27)24-16-9-8-11-19(24)2/h5-17H,4,18H2,1-3H3,(H,33,37). The van der Waals surface area contributed by atoms with E-state index in [9.17, 15) is 22.8 Å². The summed E-state index contributed by atoms with van der Waals surface area (Å²) in [6.45, 7) is 5.23. The third-order valence-corrected chi connectivity index (χ3v) is 6.16. The maximum Gasteiger partial charge on any atom is 0.416 e. The van der Waals surface area contributed by atoms with Crippen LogP contribution in [0.2, 0.25) is 0 Å². The smallest absolute Gasteiger partial charge is 0.330 e. The van der Waals surface area contributed by atoms with Gasteiger partial charge in [0.15, 0.2) is 0 Å². The number of rotatable bonds is 7. The molecule has 0 unspecified atom stereocenters. The van der Waals surface area contributed by atoms with E-state index in [0.29, 0.717) is 11.5 Å². The van der Waals surface area contributed by atoms with Crippen molar-refractivity contribution < 1.29 is 22.8 Å². The molecule has 0 saturated carbocycles. The van der Waals surface area contributed by atoms with Crippen LogP contribution >= 0.6 is 0 Å². The van der Waals surface area contributed by atoms with Gasteiger partial charge in [0, 0.05) is 17.7 Å². The van der Waals surface area contributed by atoms with Crippen LogP contribution in [0.5, 0.6) is 0 Å². The number of aromatic nitrogens is 2. The lowest BCUT2D eigenvalue weighted by Crippen LogP contribution is -2.38. The third-order valence-electron chi connectivity index (χ3n) is 6.16. The summed E-state index contributed by atoms with van der Waals surface area (Å²) in [5.41, 5.74) is 2.94. The number of alkyl halides is 3. The largest absolute Gasteiger partial charge is 0.416 e. The van der Waals surface area contributed by atoms with Gasteiger partial charge in [0.05, 0.1) is 16.9 Å². The van der Waals surface area contributed by atoms with Crippen molar-refractivity contribution in [1.29, 1.82) is 0 Å². The molecular formula is C29H27F3N4O2. The van der Waals surface area contributed by atoms with Crippen LogP contribution in [0, 0.1) is 13.8 Å². The number of hydrogen-bond acceptors (Lipinski definition) is 3. The first-order valence-corrected chi connectivity index (χ1v) is 12.1. The molecule has 0 bridgehead atoms. The monoisotopic (exact) mass is 520 g/mol. The molecule has 38 heavy (non-hydrogen) atoms. The highest BCUT2D eigenvalue weighted by atomic mass is 19.4. The Bertz CT molecular complexity index is 1460. The first kappa shape index (κ1) is 26.7. The number of benzene rings is 3. The number of halogens is 3. The Morgan fingerprint density at radius 3 is 2.29 bits per heavy atom. The molecule has 196 valence electrons. The van der Waals surface area contributed by atoms with Gasteiger partial charge in [-0.1, -0.05) is 54.6 Å². The second-order valence-electron chi connectivity index (χ2n) is 8.82. The highest BCUT2D eigenvalue weighted by molar-refractivity contribution is 6.01. The number of hydrogen-bond donors (Lipinski definition) is 1. The van der Waals surface area contributed by atoms with Crippen LogP contribution in [-0.4, -0.2) is 39.6 Å². The molecule has 9 heteroatoms. The van der Waals surface area contributed by atoms with Gasteiger partial charge in [-0.05, 0) is 56.2 Å². The van der Waals surface area contributed by atoms with Crippen LogP contribution in [0.3, 0.4) is 0 Å². The number of likely N-dealkylation sites (N-methyl/N-ethyl adjacent to an activating group) is 1. The van der Waals surface area contributed by atoms with E-state index >= 15 is 0 Å². The number of nitrogens with zero attached hydrogens (tertiary/aromatic N) is 3. The van der Waals surface area contributed by atoms with Crippen molar-refractivity contribution in [1.82, 2.24) is 14.7 Å². The fourth-order valence-corrected chi connectivity index (χ4v) is 4.25. The van der Waals surface area contributed by atoms with E-state index < -0.39 is 23.6 Å². The average molecular weight is 521 g/mol. The van der Waals surface area contributed by atoms with Crippen molar-refractivity contribution in [3.05, 3.63) is 101 Å². The summed E-state index contributed by atoms with van der Waals surface area (Å²) >= 11 is 0. The zero-order valence-corrected chi connectivity index (χ0v) is 21.2. The molecule has 0 aliphatic heterocycles. The summed E-state index contributed by atoms with van der Waals surface area (Å²) in [6.07, 6.45) is -4.58. The molecule has 3 aromatic carbocycles. The van der Waals surface area contributed by atoms with Gasteiger partial charge in [0.1, 0.15) is 12.4 Å². The second kappa shape index (κ2) is 10.9. The minimum atomic E-state index is -4.58. The van der Waals surface area contributed by atoms with Crippen LogP contribution in [0.4, 0.5) is 19.0 Å². The average Bonchev–Trinajstić information content (AvgIpc) is 3.22. The van der Waals surface area contributed by atoms with Crippen LogP contribution in [0.25, 0.3) is 16.8 Å². The van der Waals surface area contributed by atoms with Gasteiger partial charge in [0.2, 0.25) is 5.91 Å². The molecule has 0 saturated heterocycles. The zero-order chi connectivity index (χ0) is 27.4. The molecule has 1 N–H and O–H groups in total. The van der Waals surface area contributed by atoms with E-state index in [4.69, 9.17) is 5.10 Å². The molecule has 0 radical (unpaired) electrons. The predicted octanol–water partition coefficient (Wildman–Crippen LogP) is 6.28. The van der Waals surface area contributed by atoms with Gasteiger partial charge in [-0.2, -0.15) is 18.3 Å². The normalized spacial score (nSPS) is 11.3. The van der Waals surface area contributed by atoms with E-state index in [1.54, 1.807) is 11.6 Å². The van der Waals surface area contributed by atoms with E-state index in [-0.39, 0.29) is 18.7 Å². The third kappa shape index (κ3) is 5.61. The molecule has 0 aliphatic carbocycles. The summed E-state index contributed by atoms with van der Waals surface area (Å²) in [7, 11) is 0. The molecular weight excluding hydrogens is 493 g/mol. The maximum absolute atomic E-state index is 13.3. The Morgan fingerprint density at radius 2 is 1.63 bits per heavy atom. The molecule has 1 heterocycles. The Labute approximate surface area is 218 Å². The number of carbonyl (C=O) groups is 2. The molecule has 0 spiro atoms. The molecule has 1 aromatic heterocycles. The summed E-state index contributed by atoms with van der Waals surface area (Å²) in [5.74, 6) is -0.727. The van der Waals surface area contributed by atoms with Crippen molar-refractivity contribution in [3.63, 3.8) is 0 Å². The first-order chi connectivity index (χ1) is 18.1. The first-order valence-electron chi connectivity index (χ1n) is 12.1. The highest BCUT2D eigenvalue weighted by Gasteiger charge is 2.31.